The monoisotopic (exact) mass is 384 g/mol. The van der Waals surface area contributed by atoms with E-state index < -0.39 is 0 Å². The average Bonchev–Trinajstić information content (AvgIpc) is 2.66. The summed E-state index contributed by atoms with van der Waals surface area (Å²) in [6.07, 6.45) is 0.274. The van der Waals surface area contributed by atoms with E-state index in [4.69, 9.17) is 9.47 Å². The number of anilines is 1. The van der Waals surface area contributed by atoms with Gasteiger partial charge in [-0.2, -0.15) is 0 Å². The summed E-state index contributed by atoms with van der Waals surface area (Å²) in [5.74, 6) is 1.20. The topological polar surface area (TPSA) is 67.9 Å². The van der Waals surface area contributed by atoms with Gasteiger partial charge in [0.2, 0.25) is 11.8 Å². The molecule has 0 heterocycles. The molecule has 0 spiro atoms. The van der Waals surface area contributed by atoms with Gasteiger partial charge in [-0.05, 0) is 43.7 Å². The van der Waals surface area contributed by atoms with Crippen molar-refractivity contribution in [3.05, 3.63) is 54.1 Å². The number of carbonyl (C=O) groups is 2. The summed E-state index contributed by atoms with van der Waals surface area (Å²) in [4.78, 5) is 26.0. The number of nitrogens with one attached hydrogen (secondary N) is 1. The molecule has 0 aliphatic heterocycles. The maximum absolute atomic E-state index is 12.2. The number of carbonyl (C=O) groups excluding carboxylic acids is 2. The minimum atomic E-state index is -0.107. The number of hydrogen-bond donors (Lipinski definition) is 1. The summed E-state index contributed by atoms with van der Waals surface area (Å²) in [6, 6.07) is 14.8. The fraction of sp³-hybridized carbons (Fsp3) is 0.364. The van der Waals surface area contributed by atoms with Crippen LogP contribution in [-0.2, 0) is 16.0 Å². The molecule has 0 atom stereocenters. The number of benzene rings is 2. The minimum Gasteiger partial charge on any atom is -0.497 e. The Kier molecular flexibility index (Phi) is 7.87. The molecule has 2 amide bonds. The zero-order valence-corrected chi connectivity index (χ0v) is 16.9. The van der Waals surface area contributed by atoms with Gasteiger partial charge < -0.3 is 19.7 Å². The normalized spacial score (nSPS) is 10.5. The van der Waals surface area contributed by atoms with Crippen molar-refractivity contribution < 1.29 is 19.1 Å². The number of nitrogens with zero attached hydrogens (tertiary/aromatic N) is 1. The zero-order chi connectivity index (χ0) is 20.5. The van der Waals surface area contributed by atoms with E-state index in [0.29, 0.717) is 24.5 Å². The first-order valence-corrected chi connectivity index (χ1v) is 9.34. The molecule has 28 heavy (non-hydrogen) atoms. The Bertz CT molecular complexity index is 787. The third kappa shape index (κ3) is 6.30. The second kappa shape index (κ2) is 10.3. The fourth-order valence-corrected chi connectivity index (χ4v) is 2.78. The van der Waals surface area contributed by atoms with Crippen molar-refractivity contribution in [2.75, 3.05) is 25.1 Å². The Labute approximate surface area is 166 Å². The van der Waals surface area contributed by atoms with E-state index >= 15 is 0 Å². The molecular weight excluding hydrogens is 356 g/mol. The van der Waals surface area contributed by atoms with Crippen molar-refractivity contribution in [1.29, 1.82) is 0 Å². The molecule has 0 aliphatic carbocycles. The van der Waals surface area contributed by atoms with Crippen LogP contribution in [0.1, 0.15) is 26.3 Å². The van der Waals surface area contributed by atoms with Gasteiger partial charge >= 0.3 is 0 Å². The van der Waals surface area contributed by atoms with E-state index in [9.17, 15) is 9.59 Å². The predicted octanol–water partition coefficient (Wildman–Crippen LogP) is 3.19. The third-order valence-corrected chi connectivity index (χ3v) is 4.08. The van der Waals surface area contributed by atoms with Crippen molar-refractivity contribution in [3.63, 3.8) is 0 Å². The molecule has 2 rings (SSSR count). The van der Waals surface area contributed by atoms with Gasteiger partial charge in [-0.3, -0.25) is 9.59 Å². The van der Waals surface area contributed by atoms with Gasteiger partial charge in [-0.25, -0.2) is 0 Å². The zero-order valence-electron chi connectivity index (χ0n) is 16.9. The van der Waals surface area contributed by atoms with Crippen LogP contribution in [0.3, 0.4) is 0 Å². The maximum Gasteiger partial charge on any atom is 0.224 e. The van der Waals surface area contributed by atoms with Crippen LogP contribution in [0.4, 0.5) is 5.69 Å². The van der Waals surface area contributed by atoms with Crippen molar-refractivity contribution in [2.45, 2.75) is 33.3 Å². The molecule has 0 radical (unpaired) electrons. The highest BCUT2D eigenvalue weighted by molar-refractivity contribution is 5.93. The van der Waals surface area contributed by atoms with Crippen molar-refractivity contribution in [1.82, 2.24) is 5.32 Å². The quantitative estimate of drug-likeness (QED) is 0.721. The van der Waals surface area contributed by atoms with E-state index in [0.717, 1.165) is 11.3 Å². The van der Waals surface area contributed by atoms with Crippen molar-refractivity contribution in [2.24, 2.45) is 0 Å². The first-order valence-electron chi connectivity index (χ1n) is 9.34. The summed E-state index contributed by atoms with van der Waals surface area (Å²) >= 11 is 0. The number of hydrogen-bond acceptors (Lipinski definition) is 4. The average molecular weight is 384 g/mol. The standard InChI is InChI=1S/C22H28N2O4/c1-16(2)28-21-8-6-5-7-20(21)24(17(3)25)14-13-23-22(26)15-18-9-11-19(27-4)12-10-18/h5-12,16H,13-15H2,1-4H3,(H,23,26). The van der Waals surface area contributed by atoms with Crippen LogP contribution in [0.5, 0.6) is 11.5 Å². The Morgan fingerprint density at radius 2 is 1.75 bits per heavy atom. The van der Waals surface area contributed by atoms with Gasteiger partial charge in [0.05, 0.1) is 25.3 Å². The molecule has 0 saturated carbocycles. The first-order chi connectivity index (χ1) is 13.4. The van der Waals surface area contributed by atoms with Gasteiger partial charge in [0.15, 0.2) is 0 Å². The summed E-state index contributed by atoms with van der Waals surface area (Å²) in [5, 5.41) is 2.87. The predicted molar refractivity (Wildman–Crippen MR) is 110 cm³/mol. The van der Waals surface area contributed by atoms with Gasteiger partial charge in [0, 0.05) is 20.0 Å². The number of methoxy groups -OCH3 is 1. The van der Waals surface area contributed by atoms with Crippen LogP contribution in [0, 0.1) is 0 Å². The summed E-state index contributed by atoms with van der Waals surface area (Å²) in [5.41, 5.74) is 1.60. The summed E-state index contributed by atoms with van der Waals surface area (Å²) in [7, 11) is 1.60. The second-order valence-corrected chi connectivity index (χ2v) is 6.68. The molecule has 2 aromatic rings. The number of rotatable bonds is 9. The Balaban J connectivity index is 1.95. The lowest BCUT2D eigenvalue weighted by Gasteiger charge is -2.24. The Morgan fingerprint density at radius 3 is 2.36 bits per heavy atom. The van der Waals surface area contributed by atoms with E-state index in [1.807, 2.05) is 62.4 Å². The lowest BCUT2D eigenvalue weighted by Crippen LogP contribution is -2.38. The molecule has 0 aliphatic rings. The van der Waals surface area contributed by atoms with Gasteiger partial charge in [0.25, 0.3) is 0 Å². The van der Waals surface area contributed by atoms with E-state index in [1.54, 1.807) is 12.0 Å². The molecule has 0 saturated heterocycles. The van der Waals surface area contributed by atoms with Crippen LogP contribution in [0.2, 0.25) is 0 Å². The van der Waals surface area contributed by atoms with Crippen LogP contribution < -0.4 is 19.7 Å². The molecule has 0 unspecified atom stereocenters. The first kappa shape index (κ1) is 21.3. The van der Waals surface area contributed by atoms with Crippen molar-refractivity contribution in [3.8, 4) is 11.5 Å². The molecule has 1 N–H and O–H groups in total. The van der Waals surface area contributed by atoms with Crippen LogP contribution in [0.15, 0.2) is 48.5 Å². The van der Waals surface area contributed by atoms with Gasteiger partial charge in [-0.1, -0.05) is 24.3 Å². The molecule has 2 aromatic carbocycles. The van der Waals surface area contributed by atoms with E-state index in [2.05, 4.69) is 5.32 Å². The highest BCUT2D eigenvalue weighted by Crippen LogP contribution is 2.28. The third-order valence-electron chi connectivity index (χ3n) is 4.08. The molecule has 0 aromatic heterocycles. The molecule has 6 nitrogen and oxygen atoms in total. The molecule has 150 valence electrons. The second-order valence-electron chi connectivity index (χ2n) is 6.68. The van der Waals surface area contributed by atoms with Crippen LogP contribution in [-0.4, -0.2) is 38.1 Å². The largest absolute Gasteiger partial charge is 0.497 e. The lowest BCUT2D eigenvalue weighted by molar-refractivity contribution is -0.121. The van der Waals surface area contributed by atoms with Gasteiger partial charge in [0.1, 0.15) is 11.5 Å². The fourth-order valence-electron chi connectivity index (χ4n) is 2.78. The van der Waals surface area contributed by atoms with E-state index in [-0.39, 0.29) is 24.3 Å². The smallest absolute Gasteiger partial charge is 0.224 e. The summed E-state index contributed by atoms with van der Waals surface area (Å²) < 4.78 is 10.9. The highest BCUT2D eigenvalue weighted by Gasteiger charge is 2.17. The van der Waals surface area contributed by atoms with Crippen LogP contribution in [0.25, 0.3) is 0 Å². The van der Waals surface area contributed by atoms with Crippen molar-refractivity contribution >= 4 is 17.5 Å². The molecule has 0 bridgehead atoms. The summed E-state index contributed by atoms with van der Waals surface area (Å²) in [6.45, 7) is 6.10. The number of ether oxygens (including phenoxy) is 2. The number of para-hydroxylation sites is 2. The van der Waals surface area contributed by atoms with E-state index in [1.165, 1.54) is 6.92 Å². The van der Waals surface area contributed by atoms with Crippen LogP contribution >= 0.6 is 0 Å². The SMILES string of the molecule is COc1ccc(CC(=O)NCCN(C(C)=O)c2ccccc2OC(C)C)cc1. The maximum atomic E-state index is 12.2. The molecular formula is C22H28N2O4. The lowest BCUT2D eigenvalue weighted by atomic mass is 10.1. The number of amides is 2. The Morgan fingerprint density at radius 1 is 1.07 bits per heavy atom. The molecule has 6 heteroatoms. The Hall–Kier alpha value is -3.02. The molecule has 0 fully saturated rings. The van der Waals surface area contributed by atoms with Gasteiger partial charge in [-0.15, -0.1) is 0 Å². The minimum absolute atomic E-state index is 0.000780. The highest BCUT2D eigenvalue weighted by atomic mass is 16.5.